The number of methoxy groups -OCH3 is 1. The molecule has 2 N–H and O–H groups in total. The van der Waals surface area contributed by atoms with Crippen LogP contribution in [0.25, 0.3) is 0 Å². The van der Waals surface area contributed by atoms with Crippen LogP contribution in [0.5, 0.6) is 5.75 Å². The summed E-state index contributed by atoms with van der Waals surface area (Å²) in [5.41, 5.74) is 2.72. The minimum atomic E-state index is -0.924. The number of nitrogens with one attached hydrogen (secondary N) is 1. The fourth-order valence-electron chi connectivity index (χ4n) is 2.80. The molecule has 0 spiro atoms. The van der Waals surface area contributed by atoms with E-state index in [1.165, 1.54) is 7.11 Å². The van der Waals surface area contributed by atoms with Gasteiger partial charge in [-0.15, -0.1) is 0 Å². The maximum absolute atomic E-state index is 12.6. The van der Waals surface area contributed by atoms with Crippen molar-refractivity contribution in [3.63, 3.8) is 0 Å². The molecule has 1 aliphatic carbocycles. The first-order valence-corrected chi connectivity index (χ1v) is 7.26. The summed E-state index contributed by atoms with van der Waals surface area (Å²) in [6.07, 6.45) is 0.898. The molecule has 0 aromatic heterocycles. The van der Waals surface area contributed by atoms with Crippen LogP contribution in [0.1, 0.15) is 26.7 Å². The van der Waals surface area contributed by atoms with Crippen molar-refractivity contribution in [3.8, 4) is 5.75 Å². The van der Waals surface area contributed by atoms with E-state index in [0.29, 0.717) is 24.3 Å². The Hall–Kier alpha value is -2.30. The van der Waals surface area contributed by atoms with Crippen LogP contribution in [0.4, 0.5) is 5.69 Å². The highest BCUT2D eigenvalue weighted by Crippen LogP contribution is 2.35. The summed E-state index contributed by atoms with van der Waals surface area (Å²) in [5.74, 6) is -1.89. The summed E-state index contributed by atoms with van der Waals surface area (Å²) in [4.78, 5) is 24.0. The molecule has 0 saturated carbocycles. The number of hydrogen-bond acceptors (Lipinski definition) is 3. The minimum absolute atomic E-state index is 0.274. The van der Waals surface area contributed by atoms with Gasteiger partial charge in [-0.3, -0.25) is 9.59 Å². The number of hydrogen-bond donors (Lipinski definition) is 2. The topological polar surface area (TPSA) is 75.6 Å². The molecule has 1 aliphatic rings. The minimum Gasteiger partial charge on any atom is -0.495 e. The van der Waals surface area contributed by atoms with Crippen LogP contribution in [-0.2, 0) is 9.59 Å². The molecule has 2 atom stereocenters. The molecule has 118 valence electrons. The Morgan fingerprint density at radius 1 is 1.14 bits per heavy atom. The van der Waals surface area contributed by atoms with Crippen molar-refractivity contribution < 1.29 is 19.4 Å². The van der Waals surface area contributed by atoms with Gasteiger partial charge in [-0.25, -0.2) is 0 Å². The number of carboxylic acid groups (broad SMARTS) is 1. The van der Waals surface area contributed by atoms with Crippen molar-refractivity contribution in [2.45, 2.75) is 26.7 Å². The third-order valence-electron chi connectivity index (χ3n) is 4.29. The number of carboxylic acids is 1. The molecule has 1 aromatic carbocycles. The Balaban J connectivity index is 2.22. The van der Waals surface area contributed by atoms with Gasteiger partial charge in [0, 0.05) is 0 Å². The van der Waals surface area contributed by atoms with E-state index < -0.39 is 17.8 Å². The van der Waals surface area contributed by atoms with E-state index in [4.69, 9.17) is 4.74 Å². The van der Waals surface area contributed by atoms with E-state index in [-0.39, 0.29) is 5.91 Å². The molecule has 2 rings (SSSR count). The molecule has 0 bridgehead atoms. The van der Waals surface area contributed by atoms with Crippen LogP contribution in [0, 0.1) is 11.8 Å². The fraction of sp³-hybridized carbons (Fsp3) is 0.412. The zero-order valence-corrected chi connectivity index (χ0v) is 13.1. The number of anilines is 1. The third-order valence-corrected chi connectivity index (χ3v) is 4.29. The molecule has 1 aromatic rings. The summed E-state index contributed by atoms with van der Waals surface area (Å²) in [6.45, 7) is 3.89. The van der Waals surface area contributed by atoms with E-state index in [9.17, 15) is 14.7 Å². The number of ether oxygens (including phenoxy) is 1. The Bertz CT molecular complexity index is 621. The smallest absolute Gasteiger partial charge is 0.307 e. The molecule has 5 nitrogen and oxygen atoms in total. The first kappa shape index (κ1) is 16.1. The largest absolute Gasteiger partial charge is 0.495 e. The number of rotatable bonds is 4. The normalized spacial score (nSPS) is 21.4. The standard InChI is InChI=1S/C17H21NO4/c1-10-8-12(13(17(20)21)9-11(10)2)16(19)18-14-6-4-5-7-15(14)22-3/h4-7,12-13H,8-9H2,1-3H3,(H,18,19)(H,20,21)/t12-,13-/m1/s1. The highest BCUT2D eigenvalue weighted by molar-refractivity contribution is 5.96. The van der Waals surface area contributed by atoms with Crippen LogP contribution in [0.15, 0.2) is 35.4 Å². The summed E-state index contributed by atoms with van der Waals surface area (Å²) in [6, 6.07) is 7.10. The predicted molar refractivity (Wildman–Crippen MR) is 83.8 cm³/mol. The van der Waals surface area contributed by atoms with Crippen molar-refractivity contribution >= 4 is 17.6 Å². The second kappa shape index (κ2) is 6.64. The number of carbonyl (C=O) groups is 2. The molecule has 0 fully saturated rings. The van der Waals surface area contributed by atoms with Gasteiger partial charge >= 0.3 is 5.97 Å². The van der Waals surface area contributed by atoms with Crippen molar-refractivity contribution in [2.75, 3.05) is 12.4 Å². The maximum Gasteiger partial charge on any atom is 0.307 e. The van der Waals surface area contributed by atoms with E-state index in [0.717, 1.165) is 11.1 Å². The van der Waals surface area contributed by atoms with E-state index >= 15 is 0 Å². The molecule has 0 saturated heterocycles. The summed E-state index contributed by atoms with van der Waals surface area (Å²) in [7, 11) is 1.53. The van der Waals surface area contributed by atoms with Crippen LogP contribution in [0.3, 0.4) is 0 Å². The van der Waals surface area contributed by atoms with Gasteiger partial charge in [-0.05, 0) is 38.8 Å². The van der Waals surface area contributed by atoms with Crippen molar-refractivity contribution in [2.24, 2.45) is 11.8 Å². The Kier molecular flexibility index (Phi) is 4.85. The van der Waals surface area contributed by atoms with Gasteiger partial charge in [0.05, 0.1) is 24.6 Å². The Morgan fingerprint density at radius 3 is 2.32 bits per heavy atom. The SMILES string of the molecule is COc1ccccc1NC(=O)[C@@H]1CC(C)=C(C)C[C@H]1C(=O)O. The lowest BCUT2D eigenvalue weighted by molar-refractivity contribution is -0.146. The number of aliphatic carboxylic acids is 1. The van der Waals surface area contributed by atoms with Crippen molar-refractivity contribution in [1.82, 2.24) is 0 Å². The second-order valence-corrected chi connectivity index (χ2v) is 5.71. The quantitative estimate of drug-likeness (QED) is 0.838. The number of allylic oxidation sites excluding steroid dienone is 2. The van der Waals surface area contributed by atoms with Crippen LogP contribution < -0.4 is 10.1 Å². The highest BCUT2D eigenvalue weighted by atomic mass is 16.5. The average molecular weight is 303 g/mol. The second-order valence-electron chi connectivity index (χ2n) is 5.71. The zero-order valence-electron chi connectivity index (χ0n) is 13.1. The summed E-state index contributed by atoms with van der Waals surface area (Å²) >= 11 is 0. The fourth-order valence-corrected chi connectivity index (χ4v) is 2.80. The number of amides is 1. The van der Waals surface area contributed by atoms with Gasteiger partial charge < -0.3 is 15.2 Å². The summed E-state index contributed by atoms with van der Waals surface area (Å²) < 4.78 is 5.21. The van der Waals surface area contributed by atoms with E-state index in [1.807, 2.05) is 19.9 Å². The Morgan fingerprint density at radius 2 is 1.73 bits per heavy atom. The molecule has 0 heterocycles. The van der Waals surface area contributed by atoms with Gasteiger partial charge in [-0.2, -0.15) is 0 Å². The lowest BCUT2D eigenvalue weighted by Gasteiger charge is -2.29. The molecule has 22 heavy (non-hydrogen) atoms. The number of carbonyl (C=O) groups excluding carboxylic acids is 1. The lowest BCUT2D eigenvalue weighted by atomic mass is 9.76. The lowest BCUT2D eigenvalue weighted by Crippen LogP contribution is -2.36. The molecule has 0 aliphatic heterocycles. The number of benzene rings is 1. The zero-order chi connectivity index (χ0) is 16.3. The third kappa shape index (κ3) is 3.30. The molecular weight excluding hydrogens is 282 g/mol. The molecule has 5 heteroatoms. The summed E-state index contributed by atoms with van der Waals surface area (Å²) in [5, 5.41) is 12.2. The van der Waals surface area contributed by atoms with Gasteiger partial charge in [0.1, 0.15) is 5.75 Å². The number of para-hydroxylation sites is 2. The van der Waals surface area contributed by atoms with Crippen molar-refractivity contribution in [1.29, 1.82) is 0 Å². The first-order chi connectivity index (χ1) is 10.4. The monoisotopic (exact) mass is 303 g/mol. The average Bonchev–Trinajstić information content (AvgIpc) is 2.49. The van der Waals surface area contributed by atoms with Gasteiger partial charge in [0.2, 0.25) is 5.91 Å². The van der Waals surface area contributed by atoms with Crippen molar-refractivity contribution in [3.05, 3.63) is 35.4 Å². The van der Waals surface area contributed by atoms with E-state index in [2.05, 4.69) is 5.32 Å². The molecular formula is C17H21NO4. The highest BCUT2D eigenvalue weighted by Gasteiger charge is 2.37. The van der Waals surface area contributed by atoms with E-state index in [1.54, 1.807) is 18.2 Å². The molecule has 1 amide bonds. The Labute approximate surface area is 130 Å². The van der Waals surface area contributed by atoms with Gasteiger partial charge in [-0.1, -0.05) is 23.3 Å². The molecule has 0 radical (unpaired) electrons. The van der Waals surface area contributed by atoms with Crippen LogP contribution in [0.2, 0.25) is 0 Å². The van der Waals surface area contributed by atoms with Crippen LogP contribution in [-0.4, -0.2) is 24.1 Å². The van der Waals surface area contributed by atoms with Gasteiger partial charge in [0.25, 0.3) is 0 Å². The molecule has 0 unspecified atom stereocenters. The predicted octanol–water partition coefficient (Wildman–Crippen LogP) is 3.08. The van der Waals surface area contributed by atoms with Gasteiger partial charge in [0.15, 0.2) is 0 Å². The first-order valence-electron chi connectivity index (χ1n) is 7.26. The van der Waals surface area contributed by atoms with Crippen LogP contribution >= 0.6 is 0 Å². The maximum atomic E-state index is 12.6.